The maximum Gasteiger partial charge on any atom is 0.292 e. The first kappa shape index (κ1) is 15.7. The quantitative estimate of drug-likeness (QED) is 0.667. The zero-order chi connectivity index (χ0) is 15.4. The summed E-state index contributed by atoms with van der Waals surface area (Å²) in [6, 6.07) is 5.02. The van der Waals surface area contributed by atoms with E-state index in [1.54, 1.807) is 19.2 Å². The molecule has 1 fully saturated rings. The lowest BCUT2D eigenvalue weighted by atomic mass is 10.0. The molecule has 0 aromatic heterocycles. The van der Waals surface area contributed by atoms with E-state index < -0.39 is 4.92 Å². The minimum atomic E-state index is -0.391. The van der Waals surface area contributed by atoms with E-state index in [-0.39, 0.29) is 24.0 Å². The van der Waals surface area contributed by atoms with Crippen molar-refractivity contribution in [3.8, 4) is 0 Å². The van der Waals surface area contributed by atoms with Gasteiger partial charge in [0.2, 0.25) is 0 Å². The summed E-state index contributed by atoms with van der Waals surface area (Å²) in [4.78, 5) is 10.5. The largest absolute Gasteiger partial charge is 0.383 e. The predicted molar refractivity (Wildman–Crippen MR) is 80.5 cm³/mol. The van der Waals surface area contributed by atoms with Crippen LogP contribution in [0.5, 0.6) is 0 Å². The summed E-state index contributed by atoms with van der Waals surface area (Å²) in [5.74, 6) is 0. The Bertz CT molecular complexity index is 496. The van der Waals surface area contributed by atoms with Gasteiger partial charge in [-0.25, -0.2) is 0 Å². The summed E-state index contributed by atoms with van der Waals surface area (Å²) in [6.45, 7) is 4.56. The molecular formula is C15H22N2O4. The van der Waals surface area contributed by atoms with Gasteiger partial charge in [-0.1, -0.05) is 0 Å². The van der Waals surface area contributed by atoms with E-state index in [4.69, 9.17) is 9.47 Å². The van der Waals surface area contributed by atoms with E-state index >= 15 is 0 Å². The second-order valence-corrected chi connectivity index (χ2v) is 5.52. The topological polar surface area (TPSA) is 73.6 Å². The fourth-order valence-electron chi connectivity index (χ4n) is 2.73. The van der Waals surface area contributed by atoms with Crippen molar-refractivity contribution in [3.63, 3.8) is 0 Å². The van der Waals surface area contributed by atoms with Gasteiger partial charge in [0.1, 0.15) is 5.69 Å². The van der Waals surface area contributed by atoms with Gasteiger partial charge in [-0.05, 0) is 44.4 Å². The summed E-state index contributed by atoms with van der Waals surface area (Å²) < 4.78 is 11.6. The monoisotopic (exact) mass is 294 g/mol. The molecule has 2 unspecified atom stereocenters. The van der Waals surface area contributed by atoms with Gasteiger partial charge in [-0.2, -0.15) is 0 Å². The number of anilines is 1. The zero-order valence-corrected chi connectivity index (χ0v) is 12.7. The number of hydrogen-bond donors (Lipinski definition) is 1. The zero-order valence-electron chi connectivity index (χ0n) is 12.7. The number of benzene rings is 1. The normalized spacial score (nSPS) is 25.6. The number of rotatable bonds is 5. The molecule has 1 aliphatic rings. The van der Waals surface area contributed by atoms with Crippen LogP contribution in [-0.2, 0) is 16.1 Å². The molecule has 21 heavy (non-hydrogen) atoms. The van der Waals surface area contributed by atoms with Crippen LogP contribution >= 0.6 is 0 Å². The number of ether oxygens (including phenoxy) is 2. The molecule has 0 saturated carbocycles. The summed E-state index contributed by atoms with van der Waals surface area (Å²) in [5, 5.41) is 13.7. The summed E-state index contributed by atoms with van der Waals surface area (Å²) in [7, 11) is 1.68. The molecule has 0 spiro atoms. The van der Waals surface area contributed by atoms with Crippen LogP contribution in [0.25, 0.3) is 0 Å². The van der Waals surface area contributed by atoms with Crippen molar-refractivity contribution in [2.75, 3.05) is 12.4 Å². The fourth-order valence-corrected chi connectivity index (χ4v) is 2.73. The van der Waals surface area contributed by atoms with E-state index in [0.29, 0.717) is 12.3 Å². The second-order valence-electron chi connectivity index (χ2n) is 5.52. The Morgan fingerprint density at radius 2 is 2.05 bits per heavy atom. The Morgan fingerprint density at radius 3 is 2.62 bits per heavy atom. The Balaban J connectivity index is 1.98. The van der Waals surface area contributed by atoms with Crippen molar-refractivity contribution >= 4 is 11.4 Å². The van der Waals surface area contributed by atoms with Gasteiger partial charge in [0.25, 0.3) is 5.69 Å². The van der Waals surface area contributed by atoms with Crippen molar-refractivity contribution in [1.29, 1.82) is 0 Å². The first-order chi connectivity index (χ1) is 9.99. The number of hydrogen-bond acceptors (Lipinski definition) is 5. The SMILES string of the molecule is CNc1cc(COC2CC(C)OC(C)C2)ccc1[N+](=O)[O-]. The Labute approximate surface area is 124 Å². The van der Waals surface area contributed by atoms with Gasteiger partial charge in [0.05, 0.1) is 29.8 Å². The Hall–Kier alpha value is -1.66. The molecule has 1 aliphatic heterocycles. The van der Waals surface area contributed by atoms with Crippen molar-refractivity contribution in [3.05, 3.63) is 33.9 Å². The van der Waals surface area contributed by atoms with E-state index in [0.717, 1.165) is 18.4 Å². The highest BCUT2D eigenvalue weighted by Crippen LogP contribution is 2.27. The van der Waals surface area contributed by atoms with Crippen LogP contribution in [0, 0.1) is 10.1 Å². The van der Waals surface area contributed by atoms with E-state index in [1.807, 2.05) is 0 Å². The van der Waals surface area contributed by atoms with Gasteiger partial charge in [0.15, 0.2) is 0 Å². The lowest BCUT2D eigenvalue weighted by molar-refractivity contribution is -0.384. The van der Waals surface area contributed by atoms with Crippen LogP contribution < -0.4 is 5.32 Å². The number of nitro groups is 1. The molecule has 0 aliphatic carbocycles. The van der Waals surface area contributed by atoms with Crippen LogP contribution in [0.4, 0.5) is 11.4 Å². The number of nitrogens with zero attached hydrogens (tertiary/aromatic N) is 1. The molecule has 6 heteroatoms. The lowest BCUT2D eigenvalue weighted by Crippen LogP contribution is -2.33. The molecule has 2 rings (SSSR count). The second kappa shape index (κ2) is 6.87. The fraction of sp³-hybridized carbons (Fsp3) is 0.600. The molecule has 0 bridgehead atoms. The molecule has 116 valence electrons. The third-order valence-electron chi connectivity index (χ3n) is 3.67. The minimum Gasteiger partial charge on any atom is -0.383 e. The highest BCUT2D eigenvalue weighted by atomic mass is 16.6. The van der Waals surface area contributed by atoms with E-state index in [1.165, 1.54) is 6.07 Å². The molecule has 0 amide bonds. The first-order valence-electron chi connectivity index (χ1n) is 7.21. The average Bonchev–Trinajstić information content (AvgIpc) is 2.43. The van der Waals surface area contributed by atoms with Crippen molar-refractivity contribution in [1.82, 2.24) is 0 Å². The maximum atomic E-state index is 10.9. The molecule has 1 aromatic carbocycles. The van der Waals surface area contributed by atoms with Crippen LogP contribution in [-0.4, -0.2) is 30.3 Å². The molecular weight excluding hydrogens is 272 g/mol. The van der Waals surface area contributed by atoms with Gasteiger partial charge in [-0.15, -0.1) is 0 Å². The van der Waals surface area contributed by atoms with Crippen molar-refractivity contribution in [2.24, 2.45) is 0 Å². The van der Waals surface area contributed by atoms with Gasteiger partial charge in [0, 0.05) is 13.1 Å². The first-order valence-corrected chi connectivity index (χ1v) is 7.21. The standard InChI is InChI=1S/C15H22N2O4/c1-10-6-13(7-11(2)21-10)20-9-12-4-5-15(17(18)19)14(8-12)16-3/h4-5,8,10-11,13,16H,6-7,9H2,1-3H3. The highest BCUT2D eigenvalue weighted by molar-refractivity contribution is 5.62. The highest BCUT2D eigenvalue weighted by Gasteiger charge is 2.25. The molecule has 0 radical (unpaired) electrons. The molecule has 6 nitrogen and oxygen atoms in total. The lowest BCUT2D eigenvalue weighted by Gasteiger charge is -2.32. The van der Waals surface area contributed by atoms with Crippen LogP contribution in [0.1, 0.15) is 32.3 Å². The van der Waals surface area contributed by atoms with Crippen molar-refractivity contribution in [2.45, 2.75) is 51.6 Å². The van der Waals surface area contributed by atoms with Gasteiger partial charge < -0.3 is 14.8 Å². The van der Waals surface area contributed by atoms with E-state index in [2.05, 4.69) is 19.2 Å². The predicted octanol–water partition coefficient (Wildman–Crippen LogP) is 3.11. The van der Waals surface area contributed by atoms with Gasteiger partial charge >= 0.3 is 0 Å². The smallest absolute Gasteiger partial charge is 0.292 e. The number of nitro benzene ring substituents is 1. The molecule has 1 aromatic rings. The van der Waals surface area contributed by atoms with Crippen LogP contribution in [0.2, 0.25) is 0 Å². The summed E-state index contributed by atoms with van der Waals surface area (Å²) in [5.41, 5.74) is 1.51. The Kier molecular flexibility index (Phi) is 5.14. The summed E-state index contributed by atoms with van der Waals surface area (Å²) in [6.07, 6.45) is 2.37. The minimum absolute atomic E-state index is 0.0783. The summed E-state index contributed by atoms with van der Waals surface area (Å²) >= 11 is 0. The molecule has 1 saturated heterocycles. The third-order valence-corrected chi connectivity index (χ3v) is 3.67. The van der Waals surface area contributed by atoms with Crippen LogP contribution in [0.3, 0.4) is 0 Å². The maximum absolute atomic E-state index is 10.9. The average molecular weight is 294 g/mol. The van der Waals surface area contributed by atoms with Gasteiger partial charge in [-0.3, -0.25) is 10.1 Å². The van der Waals surface area contributed by atoms with Crippen molar-refractivity contribution < 1.29 is 14.4 Å². The molecule has 2 atom stereocenters. The number of nitrogens with one attached hydrogen (secondary N) is 1. The third kappa shape index (κ3) is 4.15. The van der Waals surface area contributed by atoms with Crippen LogP contribution in [0.15, 0.2) is 18.2 Å². The molecule has 1 heterocycles. The molecule has 1 N–H and O–H groups in total. The van der Waals surface area contributed by atoms with E-state index in [9.17, 15) is 10.1 Å². The Morgan fingerprint density at radius 1 is 1.38 bits per heavy atom.